The van der Waals surface area contributed by atoms with Gasteiger partial charge in [0.15, 0.2) is 0 Å². The normalized spacial score (nSPS) is 13.2. The van der Waals surface area contributed by atoms with Crippen LogP contribution < -0.4 is 10.6 Å². The molecule has 2 N–H and O–H groups in total. The van der Waals surface area contributed by atoms with Crippen LogP contribution in [0.25, 0.3) is 0 Å². The number of carbonyl (C=O) groups is 2. The van der Waals surface area contributed by atoms with Crippen LogP contribution in [0.2, 0.25) is 0 Å². The maximum Gasteiger partial charge on any atom is 0.321 e. The van der Waals surface area contributed by atoms with Crippen LogP contribution in [0, 0.1) is 0 Å². The van der Waals surface area contributed by atoms with Crippen molar-refractivity contribution in [3.8, 4) is 0 Å². The number of anilines is 1. The molecule has 6 nitrogen and oxygen atoms in total. The second-order valence-corrected chi connectivity index (χ2v) is 8.62. The van der Waals surface area contributed by atoms with Gasteiger partial charge in [-0.2, -0.15) is 0 Å². The Morgan fingerprint density at radius 3 is 2.58 bits per heavy atom. The molecular weight excluding hydrogens is 408 g/mol. The maximum absolute atomic E-state index is 12.4. The lowest BCUT2D eigenvalue weighted by Crippen LogP contribution is -2.32. The van der Waals surface area contributed by atoms with E-state index in [1.807, 2.05) is 52.7 Å². The number of hydrogen-bond donors (Lipinski definition) is 2. The standard InChI is InChI=1S/C24H26N4O2S/c29-22(15-21-17-31-23(26-21)14-18-7-2-1-3-8-18)25-16-19-9-6-10-20(13-19)27-24(30)28-11-4-5-12-28/h1-3,6-10,13,17H,4-5,11-12,14-16H2,(H,25,29)(H,27,30). The Morgan fingerprint density at radius 2 is 1.77 bits per heavy atom. The van der Waals surface area contributed by atoms with E-state index in [1.54, 1.807) is 11.3 Å². The Kier molecular flexibility index (Phi) is 6.94. The van der Waals surface area contributed by atoms with E-state index in [1.165, 1.54) is 5.56 Å². The molecule has 2 heterocycles. The first kappa shape index (κ1) is 21.1. The molecule has 1 aromatic heterocycles. The largest absolute Gasteiger partial charge is 0.352 e. The van der Waals surface area contributed by atoms with Crippen molar-refractivity contribution in [2.45, 2.75) is 32.2 Å². The van der Waals surface area contributed by atoms with E-state index in [0.29, 0.717) is 6.54 Å². The number of urea groups is 1. The number of hydrogen-bond acceptors (Lipinski definition) is 4. The molecule has 0 atom stereocenters. The van der Waals surface area contributed by atoms with Crippen LogP contribution in [-0.2, 0) is 24.2 Å². The molecule has 3 aromatic rings. The predicted molar refractivity (Wildman–Crippen MR) is 123 cm³/mol. The maximum atomic E-state index is 12.4. The molecule has 160 valence electrons. The number of rotatable bonds is 7. The van der Waals surface area contributed by atoms with Crippen molar-refractivity contribution in [2.75, 3.05) is 18.4 Å². The molecule has 0 bridgehead atoms. The summed E-state index contributed by atoms with van der Waals surface area (Å²) in [7, 11) is 0. The number of carbonyl (C=O) groups excluding carboxylic acids is 2. The first-order valence-electron chi connectivity index (χ1n) is 10.5. The first-order chi connectivity index (χ1) is 15.2. The van der Waals surface area contributed by atoms with Crippen molar-refractivity contribution >= 4 is 29.0 Å². The average Bonchev–Trinajstić information content (AvgIpc) is 3.46. The quantitative estimate of drug-likeness (QED) is 0.585. The van der Waals surface area contributed by atoms with Crippen LogP contribution in [0.15, 0.2) is 60.0 Å². The summed E-state index contributed by atoms with van der Waals surface area (Å²) in [6.07, 6.45) is 3.16. The monoisotopic (exact) mass is 434 g/mol. The molecule has 0 saturated carbocycles. The number of nitrogens with one attached hydrogen (secondary N) is 2. The highest BCUT2D eigenvalue weighted by Crippen LogP contribution is 2.16. The van der Waals surface area contributed by atoms with Crippen LogP contribution in [0.5, 0.6) is 0 Å². The summed E-state index contributed by atoms with van der Waals surface area (Å²) in [5, 5.41) is 8.85. The van der Waals surface area contributed by atoms with Gasteiger partial charge in [0, 0.05) is 37.1 Å². The minimum atomic E-state index is -0.0666. The van der Waals surface area contributed by atoms with Crippen molar-refractivity contribution in [1.82, 2.24) is 15.2 Å². The Morgan fingerprint density at radius 1 is 1.00 bits per heavy atom. The number of thiazole rings is 1. The Bertz CT molecular complexity index is 1030. The van der Waals surface area contributed by atoms with Crippen molar-refractivity contribution in [3.05, 3.63) is 81.8 Å². The molecule has 1 aliphatic heterocycles. The van der Waals surface area contributed by atoms with Gasteiger partial charge >= 0.3 is 6.03 Å². The van der Waals surface area contributed by atoms with E-state index in [-0.39, 0.29) is 18.4 Å². The molecule has 0 unspecified atom stereocenters. The van der Waals surface area contributed by atoms with Gasteiger partial charge in [0.05, 0.1) is 17.1 Å². The zero-order valence-electron chi connectivity index (χ0n) is 17.3. The van der Waals surface area contributed by atoms with E-state index in [0.717, 1.165) is 54.3 Å². The number of aromatic nitrogens is 1. The number of nitrogens with zero attached hydrogens (tertiary/aromatic N) is 2. The summed E-state index contributed by atoms with van der Waals surface area (Å²) >= 11 is 1.58. The topological polar surface area (TPSA) is 74.3 Å². The molecule has 3 amide bonds. The molecule has 0 aliphatic carbocycles. The van der Waals surface area contributed by atoms with Crippen molar-refractivity contribution in [2.24, 2.45) is 0 Å². The third kappa shape index (κ3) is 6.15. The fourth-order valence-electron chi connectivity index (χ4n) is 3.59. The van der Waals surface area contributed by atoms with E-state index in [9.17, 15) is 9.59 Å². The molecule has 1 saturated heterocycles. The van der Waals surface area contributed by atoms with Crippen LogP contribution in [-0.4, -0.2) is 34.9 Å². The molecule has 0 radical (unpaired) electrons. The predicted octanol–water partition coefficient (Wildman–Crippen LogP) is 4.22. The Hall–Kier alpha value is -3.19. The highest BCUT2D eigenvalue weighted by molar-refractivity contribution is 7.09. The lowest BCUT2D eigenvalue weighted by Gasteiger charge is -2.16. The summed E-state index contributed by atoms with van der Waals surface area (Å²) < 4.78 is 0. The molecule has 31 heavy (non-hydrogen) atoms. The van der Waals surface area contributed by atoms with Crippen LogP contribution in [0.1, 0.15) is 34.7 Å². The van der Waals surface area contributed by atoms with Gasteiger partial charge in [0.2, 0.25) is 5.91 Å². The van der Waals surface area contributed by atoms with Crippen LogP contribution >= 0.6 is 11.3 Å². The molecule has 2 aromatic carbocycles. The minimum absolute atomic E-state index is 0.0616. The van der Waals surface area contributed by atoms with E-state index in [2.05, 4.69) is 27.8 Å². The van der Waals surface area contributed by atoms with Gasteiger partial charge in [0.1, 0.15) is 0 Å². The van der Waals surface area contributed by atoms with Crippen molar-refractivity contribution in [3.63, 3.8) is 0 Å². The third-order valence-corrected chi connectivity index (χ3v) is 6.10. The van der Waals surface area contributed by atoms with Crippen LogP contribution in [0.3, 0.4) is 0 Å². The van der Waals surface area contributed by atoms with Crippen LogP contribution in [0.4, 0.5) is 10.5 Å². The van der Waals surface area contributed by atoms with Crippen molar-refractivity contribution in [1.29, 1.82) is 0 Å². The van der Waals surface area contributed by atoms with Gasteiger partial charge in [0.25, 0.3) is 0 Å². The fraction of sp³-hybridized carbons (Fsp3) is 0.292. The summed E-state index contributed by atoms with van der Waals surface area (Å²) in [5.41, 5.74) is 3.69. The first-order valence-corrected chi connectivity index (χ1v) is 11.4. The van der Waals surface area contributed by atoms with Gasteiger partial charge in [-0.15, -0.1) is 11.3 Å². The summed E-state index contributed by atoms with van der Waals surface area (Å²) in [6.45, 7) is 2.03. The van der Waals surface area contributed by atoms with Crippen molar-refractivity contribution < 1.29 is 9.59 Å². The van der Waals surface area contributed by atoms with E-state index in [4.69, 9.17) is 0 Å². The Balaban J connectivity index is 1.25. The average molecular weight is 435 g/mol. The molecular formula is C24H26N4O2S. The smallest absolute Gasteiger partial charge is 0.321 e. The SMILES string of the molecule is O=C(Cc1csc(Cc2ccccc2)n1)NCc1cccc(NC(=O)N2CCCC2)c1. The summed E-state index contributed by atoms with van der Waals surface area (Å²) in [5.74, 6) is -0.0666. The Labute approximate surface area is 186 Å². The zero-order chi connectivity index (χ0) is 21.5. The lowest BCUT2D eigenvalue weighted by atomic mass is 10.2. The van der Waals surface area contributed by atoms with Gasteiger partial charge in [-0.1, -0.05) is 42.5 Å². The molecule has 1 aliphatic rings. The van der Waals surface area contributed by atoms with E-state index < -0.39 is 0 Å². The number of benzene rings is 2. The highest BCUT2D eigenvalue weighted by Gasteiger charge is 2.17. The van der Waals surface area contributed by atoms with Gasteiger partial charge < -0.3 is 15.5 Å². The number of amides is 3. The fourth-order valence-corrected chi connectivity index (χ4v) is 4.42. The summed E-state index contributed by atoms with van der Waals surface area (Å²) in [4.78, 5) is 31.0. The molecule has 1 fully saturated rings. The molecule has 0 spiro atoms. The second kappa shape index (κ2) is 10.2. The third-order valence-electron chi connectivity index (χ3n) is 5.20. The molecule has 7 heteroatoms. The summed E-state index contributed by atoms with van der Waals surface area (Å²) in [6, 6.07) is 17.7. The van der Waals surface area contributed by atoms with E-state index >= 15 is 0 Å². The zero-order valence-corrected chi connectivity index (χ0v) is 18.2. The van der Waals surface area contributed by atoms with Gasteiger partial charge in [-0.3, -0.25) is 4.79 Å². The number of likely N-dealkylation sites (tertiary alicyclic amines) is 1. The second-order valence-electron chi connectivity index (χ2n) is 7.67. The highest BCUT2D eigenvalue weighted by atomic mass is 32.1. The minimum Gasteiger partial charge on any atom is -0.352 e. The molecule has 4 rings (SSSR count). The van der Waals surface area contributed by atoms with Gasteiger partial charge in [-0.05, 0) is 36.1 Å². The van der Waals surface area contributed by atoms with Gasteiger partial charge in [-0.25, -0.2) is 9.78 Å². The lowest BCUT2D eigenvalue weighted by molar-refractivity contribution is -0.120.